The van der Waals surface area contributed by atoms with Gasteiger partial charge in [0.2, 0.25) is 5.88 Å². The van der Waals surface area contributed by atoms with Gasteiger partial charge in [0.15, 0.2) is 5.11 Å². The van der Waals surface area contributed by atoms with Crippen molar-refractivity contribution in [2.24, 2.45) is 0 Å². The number of thiocarbonyl (C=S) groups is 1. The number of H-pyrrole nitrogens is 1. The van der Waals surface area contributed by atoms with Crippen molar-refractivity contribution in [1.29, 1.82) is 0 Å². The molecule has 0 saturated carbocycles. The first-order valence-electron chi connectivity index (χ1n) is 6.90. The number of nitrogens with one attached hydrogen (secondary N) is 3. The minimum atomic E-state index is -0.722. The Morgan fingerprint density at radius 2 is 1.84 bits per heavy atom. The molecule has 1 aromatic carbocycles. The van der Waals surface area contributed by atoms with Gasteiger partial charge >= 0.3 is 0 Å². The topological polar surface area (TPSA) is 107 Å². The number of aromatic nitrogens is 2. The molecule has 1 aliphatic rings. The lowest BCUT2D eigenvalue weighted by atomic mass is 9.91. The van der Waals surface area contributed by atoms with E-state index in [1.165, 1.54) is 12.1 Å². The zero-order chi connectivity index (χ0) is 18.3. The minimum Gasteiger partial charge on any atom is -0.493 e. The largest absolute Gasteiger partial charge is 0.493 e. The first kappa shape index (κ1) is 17.4. The SMILES string of the molecule is Cc1n[nH]c(O)c1C(=C1C(=O)NC(=S)NC1=O)c1cc(Cl)ccc1Cl. The lowest BCUT2D eigenvalue weighted by Crippen LogP contribution is -2.51. The molecule has 0 aliphatic carbocycles. The summed E-state index contributed by atoms with van der Waals surface area (Å²) in [5.41, 5.74) is 0.649. The van der Waals surface area contributed by atoms with E-state index in [1.807, 2.05) is 0 Å². The number of hydrogen-bond acceptors (Lipinski definition) is 5. The van der Waals surface area contributed by atoms with E-state index in [4.69, 9.17) is 35.4 Å². The molecule has 1 saturated heterocycles. The number of rotatable bonds is 2. The highest BCUT2D eigenvalue weighted by atomic mass is 35.5. The second kappa shape index (κ2) is 6.47. The van der Waals surface area contributed by atoms with Crippen LogP contribution in [0, 0.1) is 6.92 Å². The maximum atomic E-state index is 12.4. The van der Waals surface area contributed by atoms with Crippen LogP contribution in [0.4, 0.5) is 0 Å². The van der Waals surface area contributed by atoms with Gasteiger partial charge in [0.25, 0.3) is 11.8 Å². The van der Waals surface area contributed by atoms with Crippen LogP contribution in [0.25, 0.3) is 5.57 Å². The number of hydrogen-bond donors (Lipinski definition) is 4. The molecular formula is C15H10Cl2N4O3S. The highest BCUT2D eigenvalue weighted by molar-refractivity contribution is 7.80. The van der Waals surface area contributed by atoms with Crippen molar-refractivity contribution >= 4 is 57.9 Å². The van der Waals surface area contributed by atoms with Crippen LogP contribution in [0.3, 0.4) is 0 Å². The standard InChI is InChI=1S/C15H10Cl2N4O3S/c1-5-9(14(24)21-20-5)10(7-4-6(16)2-3-8(7)17)11-12(22)18-15(25)19-13(11)23/h2-4H,1H3,(H2,20,21,24)(H2,18,19,22,23,25). The second-order valence-electron chi connectivity index (χ2n) is 5.14. The Morgan fingerprint density at radius 3 is 2.40 bits per heavy atom. The normalized spacial score (nSPS) is 14.4. The molecule has 1 fully saturated rings. The first-order valence-corrected chi connectivity index (χ1v) is 8.06. The molecule has 7 nitrogen and oxygen atoms in total. The summed E-state index contributed by atoms with van der Waals surface area (Å²) in [6.07, 6.45) is 0. The Balaban J connectivity index is 2.40. The average Bonchev–Trinajstić information content (AvgIpc) is 2.85. The van der Waals surface area contributed by atoms with E-state index in [2.05, 4.69) is 20.8 Å². The predicted molar refractivity (Wildman–Crippen MR) is 96.4 cm³/mol. The Bertz CT molecular complexity index is 926. The Kier molecular flexibility index (Phi) is 4.51. The molecule has 0 radical (unpaired) electrons. The average molecular weight is 397 g/mol. The number of carbonyl (C=O) groups excluding carboxylic acids is 2. The van der Waals surface area contributed by atoms with Crippen LogP contribution in [0.1, 0.15) is 16.8 Å². The number of aryl methyl sites for hydroxylation is 1. The Morgan fingerprint density at radius 1 is 1.20 bits per heavy atom. The molecule has 128 valence electrons. The van der Waals surface area contributed by atoms with E-state index in [9.17, 15) is 14.7 Å². The van der Waals surface area contributed by atoms with Gasteiger partial charge in [-0.05, 0) is 37.3 Å². The quantitative estimate of drug-likeness (QED) is 0.353. The third kappa shape index (κ3) is 3.11. The van der Waals surface area contributed by atoms with Gasteiger partial charge in [0.05, 0.1) is 11.3 Å². The molecule has 4 N–H and O–H groups in total. The number of carbonyl (C=O) groups is 2. The molecule has 0 bridgehead atoms. The van der Waals surface area contributed by atoms with Crippen LogP contribution >= 0.6 is 35.4 Å². The summed E-state index contributed by atoms with van der Waals surface area (Å²) in [6.45, 7) is 1.60. The second-order valence-corrected chi connectivity index (χ2v) is 6.40. The Hall–Kier alpha value is -2.42. The van der Waals surface area contributed by atoms with Crippen molar-refractivity contribution in [3.8, 4) is 5.88 Å². The molecule has 1 aromatic heterocycles. The van der Waals surface area contributed by atoms with Crippen LogP contribution in [0.5, 0.6) is 5.88 Å². The lowest BCUT2D eigenvalue weighted by molar-refractivity contribution is -0.123. The van der Waals surface area contributed by atoms with Crippen molar-refractivity contribution < 1.29 is 14.7 Å². The van der Waals surface area contributed by atoms with E-state index in [1.54, 1.807) is 13.0 Å². The van der Waals surface area contributed by atoms with E-state index in [0.29, 0.717) is 16.3 Å². The number of halogens is 2. The first-order chi connectivity index (χ1) is 11.8. The van der Waals surface area contributed by atoms with Crippen molar-refractivity contribution in [3.05, 3.63) is 50.6 Å². The van der Waals surface area contributed by atoms with Crippen molar-refractivity contribution in [2.75, 3.05) is 0 Å². The number of aromatic amines is 1. The third-order valence-corrected chi connectivity index (χ3v) is 4.30. The maximum absolute atomic E-state index is 12.4. The summed E-state index contributed by atoms with van der Waals surface area (Å²) >= 11 is 17.1. The summed E-state index contributed by atoms with van der Waals surface area (Å²) in [4.78, 5) is 24.9. The number of nitrogens with zero attached hydrogens (tertiary/aromatic N) is 1. The van der Waals surface area contributed by atoms with E-state index < -0.39 is 11.8 Å². The molecule has 3 rings (SSSR count). The molecule has 0 spiro atoms. The zero-order valence-corrected chi connectivity index (χ0v) is 14.9. The molecule has 25 heavy (non-hydrogen) atoms. The van der Waals surface area contributed by atoms with Crippen LogP contribution in [-0.4, -0.2) is 32.2 Å². The summed E-state index contributed by atoms with van der Waals surface area (Å²) in [5.74, 6) is -1.76. The number of aromatic hydroxyl groups is 1. The van der Waals surface area contributed by atoms with Gasteiger partial charge in [-0.1, -0.05) is 23.2 Å². The molecule has 2 heterocycles. The monoisotopic (exact) mass is 396 g/mol. The summed E-state index contributed by atoms with van der Waals surface area (Å²) < 4.78 is 0. The molecule has 10 heteroatoms. The fourth-order valence-corrected chi connectivity index (χ4v) is 3.06. The van der Waals surface area contributed by atoms with E-state index in [0.717, 1.165) is 0 Å². The molecule has 0 unspecified atom stereocenters. The third-order valence-electron chi connectivity index (χ3n) is 3.53. The van der Waals surface area contributed by atoms with Gasteiger partial charge in [-0.2, -0.15) is 5.10 Å². The van der Waals surface area contributed by atoms with E-state index >= 15 is 0 Å². The van der Waals surface area contributed by atoms with Crippen molar-refractivity contribution in [3.63, 3.8) is 0 Å². The van der Waals surface area contributed by atoms with E-state index in [-0.39, 0.29) is 32.7 Å². The fraction of sp³-hybridized carbons (Fsp3) is 0.0667. The van der Waals surface area contributed by atoms with Crippen LogP contribution < -0.4 is 10.6 Å². The van der Waals surface area contributed by atoms with Gasteiger partial charge < -0.3 is 5.11 Å². The summed E-state index contributed by atoms with van der Waals surface area (Å²) in [5, 5.41) is 21.7. The smallest absolute Gasteiger partial charge is 0.263 e. The molecule has 2 aromatic rings. The highest BCUT2D eigenvalue weighted by Crippen LogP contribution is 2.38. The van der Waals surface area contributed by atoms with Gasteiger partial charge in [-0.25, -0.2) is 5.10 Å². The summed E-state index contributed by atoms with van der Waals surface area (Å²) in [7, 11) is 0. The van der Waals surface area contributed by atoms with Gasteiger partial charge in [-0.3, -0.25) is 20.2 Å². The molecule has 2 amide bonds. The van der Waals surface area contributed by atoms with Crippen molar-refractivity contribution in [2.45, 2.75) is 6.92 Å². The number of amides is 2. The van der Waals surface area contributed by atoms with Gasteiger partial charge in [0, 0.05) is 21.2 Å². The molecular weight excluding hydrogens is 387 g/mol. The van der Waals surface area contributed by atoms with Crippen LogP contribution in [0.15, 0.2) is 23.8 Å². The van der Waals surface area contributed by atoms with Crippen LogP contribution in [0.2, 0.25) is 10.0 Å². The summed E-state index contributed by atoms with van der Waals surface area (Å²) in [6, 6.07) is 4.58. The van der Waals surface area contributed by atoms with Gasteiger partial charge in [-0.15, -0.1) is 0 Å². The molecule has 1 aliphatic heterocycles. The number of benzene rings is 1. The maximum Gasteiger partial charge on any atom is 0.263 e. The lowest BCUT2D eigenvalue weighted by Gasteiger charge is -2.21. The molecule has 0 atom stereocenters. The fourth-order valence-electron chi connectivity index (χ4n) is 2.50. The van der Waals surface area contributed by atoms with Gasteiger partial charge in [0.1, 0.15) is 5.57 Å². The predicted octanol–water partition coefficient (Wildman–Crippen LogP) is 2.06. The zero-order valence-electron chi connectivity index (χ0n) is 12.6. The highest BCUT2D eigenvalue weighted by Gasteiger charge is 2.33. The minimum absolute atomic E-state index is 0.0914. The van der Waals surface area contributed by atoms with Crippen molar-refractivity contribution in [1.82, 2.24) is 20.8 Å². The van der Waals surface area contributed by atoms with Crippen LogP contribution in [-0.2, 0) is 9.59 Å². The Labute approximate surface area is 157 Å².